The Hall–Kier alpha value is -2.72. The predicted octanol–water partition coefficient (Wildman–Crippen LogP) is 9.17. The number of benzene rings is 1. The van der Waals surface area contributed by atoms with Crippen molar-refractivity contribution in [3.05, 3.63) is 98.7 Å². The van der Waals surface area contributed by atoms with Gasteiger partial charge in [-0.3, -0.25) is 4.79 Å². The van der Waals surface area contributed by atoms with Crippen LogP contribution in [0.4, 0.5) is 5.69 Å². The Kier molecular flexibility index (Phi) is 6.91. The van der Waals surface area contributed by atoms with Crippen LogP contribution in [0.2, 0.25) is 0 Å². The third-order valence-electron chi connectivity index (χ3n) is 7.62. The van der Waals surface area contributed by atoms with Crippen molar-refractivity contribution in [3.63, 3.8) is 0 Å². The van der Waals surface area contributed by atoms with Gasteiger partial charge in [-0.25, -0.2) is 0 Å². The number of aryl methyl sites for hydroxylation is 1. The Balaban J connectivity index is 1.73. The van der Waals surface area contributed by atoms with E-state index in [4.69, 9.17) is 10.2 Å². The van der Waals surface area contributed by atoms with Crippen LogP contribution >= 0.6 is 11.8 Å². The van der Waals surface area contributed by atoms with Gasteiger partial charge >= 0.3 is 0 Å². The van der Waals surface area contributed by atoms with Gasteiger partial charge in [-0.15, -0.1) is 16.9 Å². The van der Waals surface area contributed by atoms with Crippen LogP contribution in [-0.4, -0.2) is 11.5 Å². The number of nitrogens with zero attached hydrogens (tertiary/aromatic N) is 2. The number of azo groups is 1. The first-order chi connectivity index (χ1) is 17.5. The minimum absolute atomic E-state index is 0.146. The molecule has 0 N–H and O–H groups in total. The van der Waals surface area contributed by atoms with Crippen molar-refractivity contribution in [2.24, 2.45) is 27.0 Å². The van der Waals surface area contributed by atoms with Crippen molar-refractivity contribution in [1.82, 2.24) is 0 Å². The van der Waals surface area contributed by atoms with Crippen LogP contribution in [0.25, 0.3) is 0 Å². The molecular weight excluding hydrogens is 472 g/mol. The first-order valence-electron chi connectivity index (χ1n) is 13.5. The van der Waals surface area contributed by atoms with Crippen molar-refractivity contribution in [1.29, 1.82) is 0 Å². The predicted molar refractivity (Wildman–Crippen MR) is 156 cm³/mol. The van der Waals surface area contributed by atoms with Crippen LogP contribution in [0.1, 0.15) is 65.5 Å². The molecule has 1 aromatic carbocycles. The topological polar surface area (TPSA) is 41.8 Å². The number of carbonyl (C=O) groups excluding carboxylic acids is 1. The Morgan fingerprint density at radius 1 is 0.946 bits per heavy atom. The molecule has 3 nitrogen and oxygen atoms in total. The first-order valence-corrected chi connectivity index (χ1v) is 14.5. The second-order valence-electron chi connectivity index (χ2n) is 12.5. The summed E-state index contributed by atoms with van der Waals surface area (Å²) >= 11 is 1.85. The summed E-state index contributed by atoms with van der Waals surface area (Å²) in [5.74, 6) is 1.54. The second-order valence-corrected chi connectivity index (χ2v) is 13.5. The van der Waals surface area contributed by atoms with Gasteiger partial charge in [0.2, 0.25) is 0 Å². The zero-order valence-electron chi connectivity index (χ0n) is 23.0. The molecule has 1 heterocycles. The molecule has 192 valence electrons. The van der Waals surface area contributed by atoms with Crippen molar-refractivity contribution in [2.45, 2.75) is 67.2 Å². The summed E-state index contributed by atoms with van der Waals surface area (Å²) in [6.07, 6.45) is 17.5. The van der Waals surface area contributed by atoms with Gasteiger partial charge in [0.15, 0.2) is 5.78 Å². The zero-order valence-corrected chi connectivity index (χ0v) is 23.8. The first kappa shape index (κ1) is 25.9. The van der Waals surface area contributed by atoms with Crippen LogP contribution in [0.3, 0.4) is 0 Å². The molecule has 0 radical (unpaired) electrons. The molecule has 4 heteroatoms. The fourth-order valence-electron chi connectivity index (χ4n) is 5.51. The van der Waals surface area contributed by atoms with E-state index < -0.39 is 0 Å². The molecule has 1 aromatic rings. The number of fused-ring (bicyclic) bond motifs is 2. The van der Waals surface area contributed by atoms with Crippen molar-refractivity contribution < 1.29 is 4.79 Å². The van der Waals surface area contributed by atoms with Gasteiger partial charge in [0, 0.05) is 33.3 Å². The van der Waals surface area contributed by atoms with E-state index in [2.05, 4.69) is 96.2 Å². The molecule has 0 aromatic heterocycles. The standard InChI is InChI=1S/C33H38N2OS/c1-32(2,3)26-18-23(19-27(30(26)36)33(4,5)6)29(31-25-16-10-8-13-22(25)20-37-31)35-34-28-17-11-14-21-12-7-9-15-24(21)28/h8,10-11,13-14,16-19,22H,7,9,12,15,20H2,1-6H3. The number of Topliss-reactive ketones (excluding diaryl/α,β-unsaturated/α-hetero) is 1. The molecule has 4 aliphatic rings. The molecule has 5 rings (SSSR count). The van der Waals surface area contributed by atoms with E-state index in [1.165, 1.54) is 34.4 Å². The highest BCUT2D eigenvalue weighted by Crippen LogP contribution is 2.47. The maximum atomic E-state index is 13.6. The molecule has 37 heavy (non-hydrogen) atoms. The number of hydrogen-bond donors (Lipinski definition) is 0. The lowest BCUT2D eigenvalue weighted by molar-refractivity contribution is -0.114. The van der Waals surface area contributed by atoms with Gasteiger partial charge in [-0.2, -0.15) is 5.11 Å². The molecule has 0 bridgehead atoms. The van der Waals surface area contributed by atoms with Crippen LogP contribution in [-0.2, 0) is 17.6 Å². The average Bonchev–Trinajstić information content (AvgIpc) is 3.27. The van der Waals surface area contributed by atoms with E-state index in [-0.39, 0.29) is 16.6 Å². The average molecular weight is 511 g/mol. The zero-order chi connectivity index (χ0) is 26.4. The summed E-state index contributed by atoms with van der Waals surface area (Å²) in [7, 11) is 0. The van der Waals surface area contributed by atoms with Gasteiger partial charge in [-0.1, -0.05) is 78.0 Å². The van der Waals surface area contributed by atoms with E-state index in [0.717, 1.165) is 46.7 Å². The van der Waals surface area contributed by atoms with E-state index in [1.54, 1.807) is 0 Å². The molecule has 0 fully saturated rings. The van der Waals surface area contributed by atoms with E-state index >= 15 is 0 Å². The smallest absolute Gasteiger partial charge is 0.186 e. The Morgan fingerprint density at radius 3 is 2.35 bits per heavy atom. The number of hydrogen-bond acceptors (Lipinski definition) is 4. The maximum absolute atomic E-state index is 13.6. The SMILES string of the molecule is CC(C)(C)C1=CC(=C(N=Nc2cccc3c2CCCC3)C2=C3C=CC=CC3CS2)C=C(C(C)(C)C)C1=O. The van der Waals surface area contributed by atoms with E-state index in [9.17, 15) is 4.79 Å². The Labute approximate surface area is 226 Å². The summed E-state index contributed by atoms with van der Waals surface area (Å²) in [5.41, 5.74) is 8.02. The lowest BCUT2D eigenvalue weighted by Crippen LogP contribution is -2.28. The maximum Gasteiger partial charge on any atom is 0.186 e. The third kappa shape index (κ3) is 5.18. The van der Waals surface area contributed by atoms with Crippen LogP contribution in [0.15, 0.2) is 97.8 Å². The lowest BCUT2D eigenvalue weighted by atomic mass is 9.71. The van der Waals surface area contributed by atoms with Gasteiger partial charge in [-0.05, 0) is 71.4 Å². The minimum Gasteiger partial charge on any atom is -0.289 e. The van der Waals surface area contributed by atoms with Crippen molar-refractivity contribution in [3.8, 4) is 0 Å². The second kappa shape index (κ2) is 9.87. The number of carbonyl (C=O) groups is 1. The number of allylic oxidation sites excluding steroid dienone is 10. The Morgan fingerprint density at radius 2 is 1.65 bits per heavy atom. The fraction of sp³-hybridized carbons (Fsp3) is 0.424. The third-order valence-corrected chi connectivity index (χ3v) is 8.87. The molecule has 3 aliphatic carbocycles. The summed E-state index contributed by atoms with van der Waals surface area (Å²) in [6, 6.07) is 6.44. The highest BCUT2D eigenvalue weighted by Gasteiger charge is 2.36. The molecule has 0 spiro atoms. The minimum atomic E-state index is -0.273. The number of ketones is 1. The molecular formula is C33H38N2OS. The summed E-state index contributed by atoms with van der Waals surface area (Å²) in [4.78, 5) is 14.8. The summed E-state index contributed by atoms with van der Waals surface area (Å²) in [5, 5.41) is 9.93. The molecule has 1 atom stereocenters. The number of rotatable bonds is 3. The normalized spacial score (nSPS) is 21.8. The summed E-state index contributed by atoms with van der Waals surface area (Å²) < 4.78 is 0. The van der Waals surface area contributed by atoms with Gasteiger partial charge in [0.1, 0.15) is 5.70 Å². The quantitative estimate of drug-likeness (QED) is 0.380. The monoisotopic (exact) mass is 510 g/mol. The lowest BCUT2D eigenvalue weighted by Gasteiger charge is -2.31. The fourth-order valence-corrected chi connectivity index (χ4v) is 6.83. The number of thioether (sulfide) groups is 1. The van der Waals surface area contributed by atoms with Crippen LogP contribution in [0.5, 0.6) is 0 Å². The van der Waals surface area contributed by atoms with Crippen LogP contribution in [0, 0.1) is 16.7 Å². The Bertz CT molecular complexity index is 1310. The van der Waals surface area contributed by atoms with Crippen molar-refractivity contribution in [2.75, 3.05) is 5.75 Å². The van der Waals surface area contributed by atoms with Crippen LogP contribution < -0.4 is 0 Å². The summed E-state index contributed by atoms with van der Waals surface area (Å²) in [6.45, 7) is 12.7. The largest absolute Gasteiger partial charge is 0.289 e. The van der Waals surface area contributed by atoms with E-state index in [0.29, 0.717) is 5.92 Å². The molecule has 1 unspecified atom stereocenters. The van der Waals surface area contributed by atoms with Crippen molar-refractivity contribution >= 4 is 23.2 Å². The molecule has 0 saturated heterocycles. The van der Waals surface area contributed by atoms with E-state index in [1.807, 2.05) is 11.8 Å². The molecule has 0 amide bonds. The molecule has 0 saturated carbocycles. The van der Waals surface area contributed by atoms with Gasteiger partial charge < -0.3 is 0 Å². The molecule has 1 aliphatic heterocycles. The highest BCUT2D eigenvalue weighted by atomic mass is 32.2. The highest BCUT2D eigenvalue weighted by molar-refractivity contribution is 8.03. The van der Waals surface area contributed by atoms with Gasteiger partial charge in [0.05, 0.1) is 5.69 Å². The van der Waals surface area contributed by atoms with Gasteiger partial charge in [0.25, 0.3) is 0 Å².